The molecule has 1 spiro atoms. The first kappa shape index (κ1) is 32.2. The molecule has 3 aliphatic heterocycles. The smallest absolute Gasteiger partial charge is 0.253 e. The van der Waals surface area contributed by atoms with Crippen molar-refractivity contribution in [1.29, 1.82) is 0 Å². The monoisotopic (exact) mass is 599 g/mol. The molecule has 2 bridgehead atoms. The number of ether oxygens (including phenoxy) is 1. The molecule has 0 aromatic heterocycles. The van der Waals surface area contributed by atoms with Crippen LogP contribution in [0, 0.1) is 11.8 Å². The number of halogens is 1. The average Bonchev–Trinajstić information content (AvgIpc) is 3.59. The maximum absolute atomic E-state index is 14.7. The highest BCUT2D eigenvalue weighted by Crippen LogP contribution is 2.64. The van der Waals surface area contributed by atoms with E-state index < -0.39 is 29.1 Å². The highest BCUT2D eigenvalue weighted by molar-refractivity contribution is 6.30. The van der Waals surface area contributed by atoms with E-state index in [4.69, 9.17) is 16.3 Å². The topological polar surface area (TPSA) is 90.4 Å². The van der Waals surface area contributed by atoms with Crippen LogP contribution < -0.4 is 4.90 Å². The van der Waals surface area contributed by atoms with Gasteiger partial charge >= 0.3 is 0 Å². The summed E-state index contributed by atoms with van der Waals surface area (Å²) < 4.78 is 6.96. The van der Waals surface area contributed by atoms with E-state index in [-0.39, 0.29) is 30.9 Å². The zero-order valence-electron chi connectivity index (χ0n) is 25.1. The molecule has 2 unspecified atom stereocenters. The molecular weight excluding hydrogens is 554 g/mol. The number of aliphatic hydroxyl groups is 1. The fraction of sp³-hybridized carbons (Fsp3) is 0.606. The van der Waals surface area contributed by atoms with Crippen LogP contribution >= 0.6 is 11.6 Å². The Balaban J connectivity index is 1.77. The summed E-state index contributed by atoms with van der Waals surface area (Å²) in [5.74, 6) is -1.89. The minimum Gasteiger partial charge on any atom is -0.396 e. The van der Waals surface area contributed by atoms with Crippen molar-refractivity contribution in [1.82, 2.24) is 9.80 Å². The van der Waals surface area contributed by atoms with Crippen LogP contribution in [0.1, 0.15) is 65.2 Å². The molecule has 3 saturated heterocycles. The van der Waals surface area contributed by atoms with Crippen molar-refractivity contribution in [3.05, 3.63) is 54.6 Å². The molecular formula is C33H46ClN3O5. The number of fused-ring (bicyclic) bond motifs is 1. The van der Waals surface area contributed by atoms with Crippen molar-refractivity contribution in [2.75, 3.05) is 37.7 Å². The first-order valence-corrected chi connectivity index (χ1v) is 15.8. The Bertz CT molecular complexity index is 1160. The van der Waals surface area contributed by atoms with E-state index >= 15 is 0 Å². The highest BCUT2D eigenvalue weighted by Gasteiger charge is 2.79. The summed E-state index contributed by atoms with van der Waals surface area (Å²) in [6.45, 7) is 13.5. The first-order valence-electron chi connectivity index (χ1n) is 15.4. The Labute approximate surface area is 255 Å². The van der Waals surface area contributed by atoms with Crippen LogP contribution in [0.25, 0.3) is 0 Å². The molecule has 1 aromatic carbocycles. The Morgan fingerprint density at radius 2 is 1.76 bits per heavy atom. The van der Waals surface area contributed by atoms with Crippen molar-refractivity contribution >= 4 is 35.0 Å². The van der Waals surface area contributed by atoms with Crippen LogP contribution in [0.15, 0.2) is 49.6 Å². The normalized spacial score (nSPS) is 27.7. The van der Waals surface area contributed by atoms with Gasteiger partial charge in [0.2, 0.25) is 11.8 Å². The quantitative estimate of drug-likeness (QED) is 0.214. The number of aliphatic hydroxyl groups excluding tert-OH is 1. The standard InChI is InChI=1S/C33H46ClN3O5/c1-5-19-35(20-6-2)29(39)26-27-30(40)37(22-11-9-10-12-23-38)28(33(27)18-17-32(26,8-4)42-33)31(41)36(21-7-3)25-15-13-24(34)14-16-25/h5,7,13-16,26-28,38H,1,3,6,8-12,17-23H2,2,4H3/t26-,27+,28?,32+,33?/m1/s1. The zero-order valence-corrected chi connectivity index (χ0v) is 25.9. The summed E-state index contributed by atoms with van der Waals surface area (Å²) in [6, 6.07) is 6.19. The van der Waals surface area contributed by atoms with Gasteiger partial charge in [-0.2, -0.15) is 0 Å². The van der Waals surface area contributed by atoms with Gasteiger partial charge in [-0.15, -0.1) is 13.2 Å². The van der Waals surface area contributed by atoms with Gasteiger partial charge in [0.05, 0.1) is 17.4 Å². The van der Waals surface area contributed by atoms with Gasteiger partial charge in [0.25, 0.3) is 5.91 Å². The number of rotatable bonds is 16. The molecule has 0 aliphatic carbocycles. The van der Waals surface area contributed by atoms with Crippen LogP contribution in [0.4, 0.5) is 5.69 Å². The van der Waals surface area contributed by atoms with Crippen LogP contribution in [-0.2, 0) is 19.1 Å². The lowest BCUT2D eigenvalue weighted by molar-refractivity contribution is -0.151. The Hall–Kier alpha value is -2.68. The van der Waals surface area contributed by atoms with Crippen LogP contribution in [-0.4, -0.2) is 82.7 Å². The molecule has 5 atom stereocenters. The van der Waals surface area contributed by atoms with Gasteiger partial charge in [0.1, 0.15) is 11.6 Å². The van der Waals surface area contributed by atoms with Gasteiger partial charge in [0, 0.05) is 43.5 Å². The first-order chi connectivity index (χ1) is 20.2. The fourth-order valence-corrected chi connectivity index (χ4v) is 7.62. The van der Waals surface area contributed by atoms with E-state index in [0.29, 0.717) is 62.4 Å². The molecule has 3 aliphatic rings. The van der Waals surface area contributed by atoms with Crippen LogP contribution in [0.3, 0.4) is 0 Å². The van der Waals surface area contributed by atoms with Gasteiger partial charge in [-0.3, -0.25) is 14.4 Å². The second-order valence-electron chi connectivity index (χ2n) is 11.8. The summed E-state index contributed by atoms with van der Waals surface area (Å²) in [7, 11) is 0. The molecule has 0 radical (unpaired) electrons. The average molecular weight is 600 g/mol. The summed E-state index contributed by atoms with van der Waals surface area (Å²) in [5.41, 5.74) is -1.22. The van der Waals surface area contributed by atoms with Gasteiger partial charge in [0.15, 0.2) is 0 Å². The third-order valence-corrected chi connectivity index (χ3v) is 9.61. The van der Waals surface area contributed by atoms with Crippen molar-refractivity contribution in [2.24, 2.45) is 11.8 Å². The van der Waals surface area contributed by atoms with Gasteiger partial charge in [-0.25, -0.2) is 0 Å². The van der Waals surface area contributed by atoms with E-state index in [2.05, 4.69) is 13.2 Å². The van der Waals surface area contributed by atoms with Gasteiger partial charge in [-0.05, 0) is 62.8 Å². The minimum atomic E-state index is -1.09. The Morgan fingerprint density at radius 1 is 1.07 bits per heavy atom. The third kappa shape index (κ3) is 5.65. The number of hydrogen-bond acceptors (Lipinski definition) is 5. The van der Waals surface area contributed by atoms with Crippen molar-refractivity contribution < 1.29 is 24.2 Å². The van der Waals surface area contributed by atoms with Gasteiger partial charge < -0.3 is 24.5 Å². The molecule has 0 saturated carbocycles. The van der Waals surface area contributed by atoms with Crippen molar-refractivity contribution in [2.45, 2.75) is 82.5 Å². The number of amides is 3. The molecule has 3 fully saturated rings. The van der Waals surface area contributed by atoms with Crippen LogP contribution in [0.5, 0.6) is 0 Å². The SMILES string of the molecule is C=CCN(CCC)C(=O)[C@H]1[C@H]2C(=O)N(CCCCCCO)C(C(=O)N(CC=C)c3ccc(Cl)cc3)C23CC[C@]1(CC)O3. The van der Waals surface area contributed by atoms with Crippen LogP contribution in [0.2, 0.25) is 5.02 Å². The number of carbonyl (C=O) groups excluding carboxylic acids is 3. The molecule has 9 heteroatoms. The van der Waals surface area contributed by atoms with E-state index in [1.54, 1.807) is 51.1 Å². The van der Waals surface area contributed by atoms with E-state index in [9.17, 15) is 19.5 Å². The molecule has 3 heterocycles. The Morgan fingerprint density at radius 3 is 2.38 bits per heavy atom. The Kier molecular flexibility index (Phi) is 10.5. The summed E-state index contributed by atoms with van der Waals surface area (Å²) >= 11 is 6.15. The predicted octanol–water partition coefficient (Wildman–Crippen LogP) is 4.99. The maximum atomic E-state index is 14.7. The van der Waals surface area contributed by atoms with E-state index in [1.807, 2.05) is 13.8 Å². The second-order valence-corrected chi connectivity index (χ2v) is 12.2. The summed E-state index contributed by atoms with van der Waals surface area (Å²) in [6.07, 6.45) is 8.96. The molecule has 1 aromatic rings. The van der Waals surface area contributed by atoms with E-state index in [1.165, 1.54) is 0 Å². The number of nitrogens with zero attached hydrogens (tertiary/aromatic N) is 3. The number of benzene rings is 1. The molecule has 42 heavy (non-hydrogen) atoms. The number of likely N-dealkylation sites (tertiary alicyclic amines) is 1. The third-order valence-electron chi connectivity index (χ3n) is 9.36. The largest absolute Gasteiger partial charge is 0.396 e. The molecule has 230 valence electrons. The molecule has 3 amide bonds. The lowest BCUT2D eigenvalue weighted by Crippen LogP contribution is -2.56. The summed E-state index contributed by atoms with van der Waals surface area (Å²) in [5, 5.41) is 9.77. The van der Waals surface area contributed by atoms with E-state index in [0.717, 1.165) is 19.3 Å². The zero-order chi connectivity index (χ0) is 30.5. The molecule has 4 rings (SSSR count). The molecule has 1 N–H and O–H groups in total. The number of hydrogen-bond donors (Lipinski definition) is 1. The maximum Gasteiger partial charge on any atom is 0.253 e. The second kappa shape index (κ2) is 13.7. The number of carbonyl (C=O) groups is 3. The lowest BCUT2D eigenvalue weighted by Gasteiger charge is -2.37. The summed E-state index contributed by atoms with van der Waals surface area (Å²) in [4.78, 5) is 48.5. The lowest BCUT2D eigenvalue weighted by atomic mass is 9.64. The molecule has 8 nitrogen and oxygen atoms in total. The fourth-order valence-electron chi connectivity index (χ4n) is 7.50. The van der Waals surface area contributed by atoms with Crippen molar-refractivity contribution in [3.8, 4) is 0 Å². The van der Waals surface area contributed by atoms with Gasteiger partial charge in [-0.1, -0.05) is 50.4 Å². The van der Waals surface area contributed by atoms with Crippen molar-refractivity contribution in [3.63, 3.8) is 0 Å². The predicted molar refractivity (Wildman–Crippen MR) is 165 cm³/mol. The number of unbranched alkanes of at least 4 members (excludes halogenated alkanes) is 3. The number of anilines is 1. The highest BCUT2D eigenvalue weighted by atomic mass is 35.5. The minimum absolute atomic E-state index is 0.0878.